The summed E-state index contributed by atoms with van der Waals surface area (Å²) in [6.45, 7) is 0.516. The molecule has 5 rings (SSSR count). The van der Waals surface area contributed by atoms with Gasteiger partial charge in [0.1, 0.15) is 5.82 Å². The molecular weight excluding hydrogens is 328 g/mol. The maximum atomic E-state index is 6.13. The van der Waals surface area contributed by atoms with Crippen LogP contribution in [0.5, 0.6) is 0 Å². The number of nitrogens with two attached hydrogens (primary N) is 1. The summed E-state index contributed by atoms with van der Waals surface area (Å²) in [6.07, 6.45) is 7.83. The van der Waals surface area contributed by atoms with Crippen molar-refractivity contribution in [3.05, 3.63) is 48.2 Å². The number of aromatic nitrogens is 6. The van der Waals surface area contributed by atoms with E-state index in [4.69, 9.17) is 5.73 Å². The molecule has 0 saturated heterocycles. The second kappa shape index (κ2) is 5.83. The molecule has 0 bridgehead atoms. The zero-order valence-electron chi connectivity index (χ0n) is 14.0. The van der Waals surface area contributed by atoms with E-state index in [2.05, 4.69) is 35.5 Å². The van der Waals surface area contributed by atoms with E-state index in [-0.39, 0.29) is 0 Å². The first kappa shape index (κ1) is 14.9. The maximum absolute atomic E-state index is 6.13. The van der Waals surface area contributed by atoms with Crippen LogP contribution in [-0.2, 0) is 6.54 Å². The predicted molar refractivity (Wildman–Crippen MR) is 99.4 cm³/mol. The highest BCUT2D eigenvalue weighted by molar-refractivity contribution is 5.81. The SMILES string of the molecule is Nc1nc(NCc2nccc3[nH]ccc23)ncc1-c1cc(C2CC2)[nH]n1. The van der Waals surface area contributed by atoms with Crippen LogP contribution in [0.15, 0.2) is 36.8 Å². The van der Waals surface area contributed by atoms with Gasteiger partial charge in [0.2, 0.25) is 5.95 Å². The Kier molecular flexibility index (Phi) is 3.34. The van der Waals surface area contributed by atoms with E-state index in [1.54, 1.807) is 12.4 Å². The third-order valence-electron chi connectivity index (χ3n) is 4.68. The van der Waals surface area contributed by atoms with Gasteiger partial charge in [0.05, 0.1) is 23.5 Å². The third-order valence-corrected chi connectivity index (χ3v) is 4.68. The Balaban J connectivity index is 1.35. The monoisotopic (exact) mass is 346 g/mol. The third kappa shape index (κ3) is 2.65. The minimum absolute atomic E-state index is 0.407. The number of nitrogens with zero attached hydrogens (tertiary/aromatic N) is 4. The van der Waals surface area contributed by atoms with Gasteiger partial charge in [-0.25, -0.2) is 4.98 Å². The van der Waals surface area contributed by atoms with Gasteiger partial charge in [0.15, 0.2) is 0 Å². The summed E-state index contributed by atoms with van der Waals surface area (Å²) >= 11 is 0. The molecule has 0 spiro atoms. The summed E-state index contributed by atoms with van der Waals surface area (Å²) in [5.41, 5.74) is 10.8. The maximum Gasteiger partial charge on any atom is 0.224 e. The Morgan fingerprint density at radius 2 is 2.15 bits per heavy atom. The summed E-state index contributed by atoms with van der Waals surface area (Å²) in [4.78, 5) is 16.3. The Morgan fingerprint density at radius 3 is 3.00 bits per heavy atom. The molecule has 4 aromatic heterocycles. The highest BCUT2D eigenvalue weighted by Crippen LogP contribution is 2.40. The average molecular weight is 346 g/mol. The van der Waals surface area contributed by atoms with E-state index >= 15 is 0 Å². The lowest BCUT2D eigenvalue weighted by molar-refractivity contribution is 0.966. The number of pyridine rings is 1. The highest BCUT2D eigenvalue weighted by atomic mass is 15.1. The number of fused-ring (bicyclic) bond motifs is 1. The Labute approximate surface area is 149 Å². The van der Waals surface area contributed by atoms with E-state index in [0.29, 0.717) is 24.2 Å². The molecule has 1 saturated carbocycles. The lowest BCUT2D eigenvalue weighted by atomic mass is 10.2. The molecule has 1 fully saturated rings. The molecule has 130 valence electrons. The second-order valence-corrected chi connectivity index (χ2v) is 6.53. The second-order valence-electron chi connectivity index (χ2n) is 6.53. The number of nitrogen functional groups attached to an aromatic ring is 1. The predicted octanol–water partition coefficient (Wildman–Crippen LogP) is 2.81. The van der Waals surface area contributed by atoms with Crippen molar-refractivity contribution in [2.75, 3.05) is 11.1 Å². The molecule has 0 aliphatic heterocycles. The Hall–Kier alpha value is -3.42. The fraction of sp³-hybridized carbons (Fsp3) is 0.222. The first-order valence-corrected chi connectivity index (χ1v) is 8.61. The van der Waals surface area contributed by atoms with Crippen LogP contribution in [0.3, 0.4) is 0 Å². The van der Waals surface area contributed by atoms with Gasteiger partial charge >= 0.3 is 0 Å². The van der Waals surface area contributed by atoms with Crippen LogP contribution < -0.4 is 11.1 Å². The molecule has 5 N–H and O–H groups in total. The molecule has 8 heteroatoms. The molecular formula is C18H18N8. The van der Waals surface area contributed by atoms with Crippen molar-refractivity contribution in [3.8, 4) is 11.3 Å². The molecule has 26 heavy (non-hydrogen) atoms. The lowest BCUT2D eigenvalue weighted by Gasteiger charge is -2.07. The van der Waals surface area contributed by atoms with Crippen molar-refractivity contribution in [1.29, 1.82) is 0 Å². The van der Waals surface area contributed by atoms with Crippen molar-refractivity contribution in [2.45, 2.75) is 25.3 Å². The van der Waals surface area contributed by atoms with Gasteiger partial charge in [-0.3, -0.25) is 10.1 Å². The molecule has 0 amide bonds. The molecule has 1 aliphatic rings. The van der Waals surface area contributed by atoms with Gasteiger partial charge in [0.25, 0.3) is 0 Å². The van der Waals surface area contributed by atoms with Crippen LogP contribution in [0.25, 0.3) is 22.2 Å². The molecule has 4 heterocycles. The summed E-state index contributed by atoms with van der Waals surface area (Å²) in [5, 5.41) is 11.7. The zero-order valence-corrected chi connectivity index (χ0v) is 14.0. The number of aromatic amines is 2. The van der Waals surface area contributed by atoms with Crippen LogP contribution in [0.4, 0.5) is 11.8 Å². The largest absolute Gasteiger partial charge is 0.383 e. The number of anilines is 2. The summed E-state index contributed by atoms with van der Waals surface area (Å²) in [7, 11) is 0. The van der Waals surface area contributed by atoms with E-state index in [1.165, 1.54) is 12.8 Å². The highest BCUT2D eigenvalue weighted by Gasteiger charge is 2.26. The van der Waals surface area contributed by atoms with Gasteiger partial charge in [-0.2, -0.15) is 10.1 Å². The summed E-state index contributed by atoms with van der Waals surface area (Å²) < 4.78 is 0. The fourth-order valence-corrected chi connectivity index (χ4v) is 3.10. The van der Waals surface area contributed by atoms with Gasteiger partial charge in [-0.1, -0.05) is 0 Å². The van der Waals surface area contributed by atoms with Crippen molar-refractivity contribution >= 4 is 22.7 Å². The number of hydrogen-bond donors (Lipinski definition) is 4. The molecule has 0 atom stereocenters. The minimum Gasteiger partial charge on any atom is -0.383 e. The normalized spacial score (nSPS) is 14.0. The van der Waals surface area contributed by atoms with Crippen molar-refractivity contribution in [1.82, 2.24) is 30.1 Å². The fourth-order valence-electron chi connectivity index (χ4n) is 3.10. The molecule has 0 unspecified atom stereocenters. The van der Waals surface area contributed by atoms with Crippen LogP contribution in [-0.4, -0.2) is 30.1 Å². The summed E-state index contributed by atoms with van der Waals surface area (Å²) in [5.74, 6) is 1.49. The topological polar surface area (TPSA) is 121 Å². The summed E-state index contributed by atoms with van der Waals surface area (Å²) in [6, 6.07) is 5.99. The number of hydrogen-bond acceptors (Lipinski definition) is 6. The molecule has 8 nitrogen and oxygen atoms in total. The van der Waals surface area contributed by atoms with Crippen LogP contribution in [0.1, 0.15) is 30.1 Å². The van der Waals surface area contributed by atoms with E-state index in [9.17, 15) is 0 Å². The van der Waals surface area contributed by atoms with Gasteiger partial charge in [-0.15, -0.1) is 0 Å². The number of rotatable bonds is 5. The Morgan fingerprint density at radius 1 is 1.23 bits per heavy atom. The van der Waals surface area contributed by atoms with Gasteiger partial charge in [-0.05, 0) is 31.0 Å². The van der Waals surface area contributed by atoms with E-state index in [0.717, 1.165) is 33.5 Å². The van der Waals surface area contributed by atoms with Gasteiger partial charge in [0, 0.05) is 41.1 Å². The van der Waals surface area contributed by atoms with Crippen LogP contribution in [0, 0.1) is 0 Å². The van der Waals surface area contributed by atoms with Gasteiger partial charge < -0.3 is 16.0 Å². The van der Waals surface area contributed by atoms with Crippen molar-refractivity contribution in [3.63, 3.8) is 0 Å². The Bertz CT molecular complexity index is 1080. The van der Waals surface area contributed by atoms with Crippen molar-refractivity contribution < 1.29 is 0 Å². The van der Waals surface area contributed by atoms with Crippen LogP contribution >= 0.6 is 0 Å². The quantitative estimate of drug-likeness (QED) is 0.441. The lowest BCUT2D eigenvalue weighted by Crippen LogP contribution is -2.07. The number of nitrogens with one attached hydrogen (secondary N) is 3. The minimum atomic E-state index is 0.407. The average Bonchev–Trinajstić information content (AvgIpc) is 3.18. The van der Waals surface area contributed by atoms with E-state index < -0.39 is 0 Å². The molecule has 1 aliphatic carbocycles. The molecule has 0 radical (unpaired) electrons. The first-order chi connectivity index (χ1) is 12.8. The smallest absolute Gasteiger partial charge is 0.224 e. The molecule has 0 aromatic carbocycles. The number of H-pyrrole nitrogens is 2. The standard InChI is InChI=1S/C18H18N8/c19-17-12(15-7-14(25-26-15)10-1-2-10)8-22-18(24-17)23-9-16-11-3-5-20-13(11)4-6-21-16/h3-8,10,20H,1-2,9H2,(H,25,26)(H3,19,22,23,24). The zero-order chi connectivity index (χ0) is 17.5. The van der Waals surface area contributed by atoms with E-state index in [1.807, 2.05) is 24.4 Å². The van der Waals surface area contributed by atoms with Crippen LogP contribution in [0.2, 0.25) is 0 Å². The molecule has 4 aromatic rings. The van der Waals surface area contributed by atoms with Crippen molar-refractivity contribution in [2.24, 2.45) is 0 Å². The first-order valence-electron chi connectivity index (χ1n) is 8.61.